The quantitative estimate of drug-likeness (QED) is 0.182. The Hall–Kier alpha value is -2.74. The maximum Gasteiger partial charge on any atom is 0.329 e. The van der Waals surface area contributed by atoms with Gasteiger partial charge in [0.15, 0.2) is 5.78 Å². The van der Waals surface area contributed by atoms with Crippen LogP contribution < -0.4 is 0 Å². The molecule has 320 valence electrons. The summed E-state index contributed by atoms with van der Waals surface area (Å²) in [6, 6.07) is -1.12. The fourth-order valence-electron chi connectivity index (χ4n) is 10.5. The summed E-state index contributed by atoms with van der Waals surface area (Å²) >= 11 is 0. The molecule has 5 aliphatic rings. The number of ketones is 2. The van der Waals surface area contributed by atoms with Gasteiger partial charge in [0.2, 0.25) is 5.79 Å². The van der Waals surface area contributed by atoms with Gasteiger partial charge in [0, 0.05) is 39.0 Å². The number of methoxy groups -OCH3 is 2. The second kappa shape index (κ2) is 19.5. The molecule has 5 rings (SSSR count). The van der Waals surface area contributed by atoms with Crippen LogP contribution in [-0.4, -0.2) is 113 Å². The number of hydrogen-bond acceptors (Lipinski definition) is 11. The van der Waals surface area contributed by atoms with Crippen molar-refractivity contribution in [1.82, 2.24) is 4.90 Å². The Morgan fingerprint density at radius 1 is 0.930 bits per heavy atom. The zero-order chi connectivity index (χ0) is 41.8. The summed E-state index contributed by atoms with van der Waals surface area (Å²) in [5.41, 5.74) is 1.28. The van der Waals surface area contributed by atoms with Crippen LogP contribution in [0, 0.1) is 41.4 Å². The Bertz CT molecular complexity index is 1530. The Morgan fingerprint density at radius 2 is 1.63 bits per heavy atom. The molecular formula is C45H69NO11. The first kappa shape index (κ1) is 45.3. The lowest BCUT2D eigenvalue weighted by atomic mass is 9.81. The van der Waals surface area contributed by atoms with Gasteiger partial charge in [-0.05, 0) is 118 Å². The van der Waals surface area contributed by atoms with Crippen molar-refractivity contribution >= 4 is 23.4 Å². The maximum absolute atomic E-state index is 14.4. The van der Waals surface area contributed by atoms with Gasteiger partial charge in [-0.2, -0.15) is 0 Å². The van der Waals surface area contributed by atoms with Crippen LogP contribution in [0.3, 0.4) is 0 Å². The Morgan fingerprint density at radius 3 is 2.30 bits per heavy atom. The van der Waals surface area contributed by atoms with Crippen molar-refractivity contribution in [2.75, 3.05) is 20.8 Å². The van der Waals surface area contributed by atoms with Crippen LogP contribution in [-0.2, 0) is 38.1 Å². The number of nitrogens with zero attached hydrogens (tertiary/aromatic N) is 1. The Balaban J connectivity index is 1.54. The minimum atomic E-state index is -2.50. The van der Waals surface area contributed by atoms with Crippen LogP contribution in [0.25, 0.3) is 0 Å². The largest absolute Gasteiger partial charge is 0.456 e. The number of allylic oxidation sites excluding steroid dienone is 4. The number of aliphatic hydroxyl groups excluding tert-OH is 2. The lowest BCUT2D eigenvalue weighted by molar-refractivity contribution is -0.302. The van der Waals surface area contributed by atoms with Crippen molar-refractivity contribution in [2.24, 2.45) is 41.4 Å². The Kier molecular flexibility index (Phi) is 15.6. The lowest BCUT2D eigenvalue weighted by Gasteiger charge is -2.47. The molecular weight excluding hydrogens is 730 g/mol. The smallest absolute Gasteiger partial charge is 0.329 e. The molecule has 15 unspecified atom stereocenters. The van der Waals surface area contributed by atoms with Crippen molar-refractivity contribution in [3.8, 4) is 0 Å². The highest BCUT2D eigenvalue weighted by Gasteiger charge is 2.56. The molecule has 57 heavy (non-hydrogen) atoms. The molecule has 0 spiro atoms. The van der Waals surface area contributed by atoms with E-state index in [9.17, 15) is 34.5 Å². The summed E-state index contributed by atoms with van der Waals surface area (Å²) in [6.07, 6.45) is 7.58. The van der Waals surface area contributed by atoms with Crippen molar-refractivity contribution < 1.29 is 53.4 Å². The molecule has 0 aromatic rings. The van der Waals surface area contributed by atoms with Crippen LogP contribution >= 0.6 is 0 Å². The van der Waals surface area contributed by atoms with E-state index in [1.54, 1.807) is 19.9 Å². The van der Waals surface area contributed by atoms with Crippen molar-refractivity contribution in [3.05, 3.63) is 36.0 Å². The number of carbonyl (C=O) groups is 4. The summed E-state index contributed by atoms with van der Waals surface area (Å²) in [4.78, 5) is 57.9. The van der Waals surface area contributed by atoms with Crippen LogP contribution in [0.2, 0.25) is 0 Å². The molecule has 0 radical (unpaired) electrons. The first-order valence-corrected chi connectivity index (χ1v) is 21.4. The summed E-state index contributed by atoms with van der Waals surface area (Å²) in [5, 5.41) is 34.4. The Labute approximate surface area is 339 Å². The molecule has 0 aromatic carbocycles. The molecule has 12 nitrogen and oxygen atoms in total. The number of hydrogen-bond donors (Lipinski definition) is 3. The fraction of sp³-hybridized carbons (Fsp3) is 0.778. The van der Waals surface area contributed by atoms with Crippen LogP contribution in [0.15, 0.2) is 36.0 Å². The van der Waals surface area contributed by atoms with Gasteiger partial charge in [0.05, 0.1) is 24.4 Å². The minimum Gasteiger partial charge on any atom is -0.456 e. The van der Waals surface area contributed by atoms with E-state index >= 15 is 0 Å². The third-order valence-electron chi connectivity index (χ3n) is 13.9. The number of carbonyl (C=O) groups excluding carboxylic acids is 4. The molecule has 2 saturated heterocycles. The normalized spacial score (nSPS) is 43.0. The SMILES string of the molecule is C=CC/C1=C\C(C)CC(C)CC(OC)C2OC(O)(C(=O)C(=O)N3CCCCC3C(=O)OC(C(C)=CC3CC4CC3CCC4O)C(C)C(O)CC1=O)C(C)CC2OC. The van der Waals surface area contributed by atoms with Gasteiger partial charge in [0.1, 0.15) is 18.2 Å². The molecule has 12 heteroatoms. The number of aliphatic hydroxyl groups is 3. The molecule has 0 aromatic heterocycles. The predicted octanol–water partition coefficient (Wildman–Crippen LogP) is 5.26. The van der Waals surface area contributed by atoms with Gasteiger partial charge < -0.3 is 39.2 Å². The van der Waals surface area contributed by atoms with E-state index in [0.29, 0.717) is 43.6 Å². The van der Waals surface area contributed by atoms with Gasteiger partial charge in [-0.15, -0.1) is 6.58 Å². The van der Waals surface area contributed by atoms with Crippen LogP contribution in [0.5, 0.6) is 0 Å². The molecule has 4 bridgehead atoms. The van der Waals surface area contributed by atoms with Crippen molar-refractivity contribution in [3.63, 3.8) is 0 Å². The molecule has 3 heterocycles. The highest BCUT2D eigenvalue weighted by atomic mass is 16.7. The van der Waals surface area contributed by atoms with Crippen molar-refractivity contribution in [2.45, 2.75) is 160 Å². The number of piperidine rings is 1. The molecule has 15 atom stereocenters. The van der Waals surface area contributed by atoms with Gasteiger partial charge in [0.25, 0.3) is 11.7 Å². The van der Waals surface area contributed by atoms with Gasteiger partial charge >= 0.3 is 5.97 Å². The monoisotopic (exact) mass is 799 g/mol. The summed E-state index contributed by atoms with van der Waals surface area (Å²) in [5.74, 6) is -6.36. The fourth-order valence-corrected chi connectivity index (χ4v) is 10.5. The zero-order valence-corrected chi connectivity index (χ0v) is 35.3. The van der Waals surface area contributed by atoms with E-state index < -0.39 is 71.8 Å². The standard InChI is InChI=1S/C45H69NO11/c1-9-12-31-18-25(2)17-26(3)19-38(54-7)41-39(55-8)21-28(5)45(53,57-41)42(50)43(51)46-16-11-10-13-34(46)44(52)56-40(29(6)36(48)24-37(31)49)27(4)20-32-23-33-22-30(32)14-15-35(33)47/h9,18,20,25-26,28-30,32-36,38-41,47-48,53H,1,10-17,19,21-24H2,2-8H3/b27-20?,31-18+. The van der Waals surface area contributed by atoms with Gasteiger partial charge in [-0.3, -0.25) is 14.4 Å². The van der Waals surface area contributed by atoms with E-state index in [2.05, 4.69) is 19.6 Å². The minimum absolute atomic E-state index is 0.0395. The average molecular weight is 800 g/mol. The number of cyclic esters (lactones) is 1. The van der Waals surface area contributed by atoms with Crippen LogP contribution in [0.4, 0.5) is 0 Å². The van der Waals surface area contributed by atoms with Gasteiger partial charge in [-0.25, -0.2) is 4.79 Å². The summed E-state index contributed by atoms with van der Waals surface area (Å²) in [6.45, 7) is 13.3. The van der Waals surface area contributed by atoms with Crippen molar-refractivity contribution in [1.29, 1.82) is 0 Å². The number of fused-ring (bicyclic) bond motifs is 5. The van der Waals surface area contributed by atoms with Crippen LogP contribution in [0.1, 0.15) is 112 Å². The molecule has 3 N–H and O–H groups in total. The average Bonchev–Trinajstić information content (AvgIpc) is 3.52. The topological polar surface area (TPSA) is 169 Å². The third-order valence-corrected chi connectivity index (χ3v) is 13.9. The predicted molar refractivity (Wildman–Crippen MR) is 213 cm³/mol. The van der Waals surface area contributed by atoms with E-state index in [1.165, 1.54) is 19.1 Å². The molecule has 4 fully saturated rings. The summed E-state index contributed by atoms with van der Waals surface area (Å²) in [7, 11) is 3.07. The highest BCUT2D eigenvalue weighted by Crippen LogP contribution is 2.47. The second-order valence-corrected chi connectivity index (χ2v) is 18.2. The number of amides is 1. The molecule has 2 saturated carbocycles. The highest BCUT2D eigenvalue weighted by molar-refractivity contribution is 6.39. The lowest BCUT2D eigenvalue weighted by Crippen LogP contribution is -2.64. The number of esters is 1. The van der Waals surface area contributed by atoms with E-state index in [0.717, 1.165) is 31.3 Å². The zero-order valence-electron chi connectivity index (χ0n) is 35.3. The first-order chi connectivity index (χ1) is 27.0. The van der Waals surface area contributed by atoms with E-state index in [1.807, 2.05) is 19.9 Å². The maximum atomic E-state index is 14.4. The van der Waals surface area contributed by atoms with E-state index in [-0.39, 0.29) is 61.4 Å². The van der Waals surface area contributed by atoms with E-state index in [4.69, 9.17) is 18.9 Å². The van der Waals surface area contributed by atoms with Gasteiger partial charge in [-0.1, -0.05) is 45.9 Å². The number of rotatable bonds is 6. The number of Topliss-reactive ketones (excluding diaryl/α,β-unsaturated/α-hetero) is 2. The molecule has 2 aliphatic carbocycles. The first-order valence-electron chi connectivity index (χ1n) is 21.4. The molecule has 3 aliphatic heterocycles. The molecule has 1 amide bonds. The summed E-state index contributed by atoms with van der Waals surface area (Å²) < 4.78 is 24.3. The third kappa shape index (κ3) is 10.2. The second-order valence-electron chi connectivity index (χ2n) is 18.2. The number of ether oxygens (including phenoxy) is 4.